The van der Waals surface area contributed by atoms with Gasteiger partial charge in [0.2, 0.25) is 0 Å². The Morgan fingerprint density at radius 1 is 1.35 bits per heavy atom. The molecule has 0 saturated heterocycles. The summed E-state index contributed by atoms with van der Waals surface area (Å²) in [7, 11) is 2.17. The molecule has 1 fully saturated rings. The van der Waals surface area contributed by atoms with E-state index in [-0.39, 0.29) is 0 Å². The van der Waals surface area contributed by atoms with Crippen LogP contribution in [0.3, 0.4) is 0 Å². The van der Waals surface area contributed by atoms with Crippen molar-refractivity contribution in [2.24, 2.45) is 11.7 Å². The van der Waals surface area contributed by atoms with Gasteiger partial charge in [0.1, 0.15) is 5.82 Å². The maximum atomic E-state index is 5.90. The van der Waals surface area contributed by atoms with Crippen molar-refractivity contribution in [1.82, 2.24) is 9.97 Å². The Morgan fingerprint density at radius 3 is 2.65 bits per heavy atom. The fourth-order valence-corrected chi connectivity index (χ4v) is 3.20. The molecule has 1 saturated carbocycles. The van der Waals surface area contributed by atoms with E-state index < -0.39 is 0 Å². The van der Waals surface area contributed by atoms with Crippen molar-refractivity contribution in [2.75, 3.05) is 11.9 Å². The topological polar surface area (TPSA) is 55.0 Å². The lowest BCUT2D eigenvalue weighted by Gasteiger charge is -2.38. The number of nitrogens with zero attached hydrogens (tertiary/aromatic N) is 3. The minimum absolute atomic E-state index is 0.341. The first-order valence-corrected chi connectivity index (χ1v) is 7.83. The highest BCUT2D eigenvalue weighted by atomic mass is 15.2. The Bertz CT molecular complexity index is 444. The third-order valence-electron chi connectivity index (χ3n) is 4.52. The normalized spacial score (nSPS) is 23.1. The summed E-state index contributed by atoms with van der Waals surface area (Å²) < 4.78 is 0. The molecule has 1 aliphatic rings. The molecule has 112 valence electrons. The van der Waals surface area contributed by atoms with Gasteiger partial charge in [-0.3, -0.25) is 0 Å². The van der Waals surface area contributed by atoms with Crippen molar-refractivity contribution in [3.05, 3.63) is 17.7 Å². The minimum atomic E-state index is 0.341. The van der Waals surface area contributed by atoms with E-state index in [0.29, 0.717) is 18.5 Å². The molecule has 1 heterocycles. The van der Waals surface area contributed by atoms with Crippen LogP contribution < -0.4 is 10.6 Å². The van der Waals surface area contributed by atoms with Crippen LogP contribution in [0.1, 0.15) is 63.9 Å². The SMILES string of the molecule is CC(C)c1ncc(N(C)C2CCCCC2C)c(CN)n1. The van der Waals surface area contributed by atoms with E-state index in [9.17, 15) is 0 Å². The van der Waals surface area contributed by atoms with Crippen LogP contribution in [0.4, 0.5) is 5.69 Å². The summed E-state index contributed by atoms with van der Waals surface area (Å²) in [6.07, 6.45) is 7.22. The lowest BCUT2D eigenvalue weighted by molar-refractivity contribution is 0.321. The lowest BCUT2D eigenvalue weighted by atomic mass is 9.85. The highest BCUT2D eigenvalue weighted by Gasteiger charge is 2.26. The molecule has 0 amide bonds. The monoisotopic (exact) mass is 276 g/mol. The molecule has 0 bridgehead atoms. The molecule has 1 aromatic rings. The summed E-state index contributed by atoms with van der Waals surface area (Å²) in [6, 6.07) is 0.586. The quantitative estimate of drug-likeness (QED) is 0.918. The van der Waals surface area contributed by atoms with E-state index in [2.05, 4.69) is 42.7 Å². The zero-order valence-corrected chi connectivity index (χ0v) is 13.3. The molecule has 2 N–H and O–H groups in total. The molecule has 1 aliphatic carbocycles. The third-order valence-corrected chi connectivity index (χ3v) is 4.52. The molecule has 0 aromatic carbocycles. The Hall–Kier alpha value is -1.16. The molecule has 0 spiro atoms. The van der Waals surface area contributed by atoms with Crippen molar-refractivity contribution >= 4 is 5.69 Å². The van der Waals surface area contributed by atoms with Crippen molar-refractivity contribution in [1.29, 1.82) is 0 Å². The van der Waals surface area contributed by atoms with E-state index in [1.54, 1.807) is 0 Å². The number of nitrogens with two attached hydrogens (primary N) is 1. The van der Waals surface area contributed by atoms with E-state index in [1.807, 2.05) is 6.20 Å². The predicted molar refractivity (Wildman–Crippen MR) is 83.8 cm³/mol. The molecule has 0 radical (unpaired) electrons. The van der Waals surface area contributed by atoms with Crippen molar-refractivity contribution in [2.45, 2.75) is 65.0 Å². The van der Waals surface area contributed by atoms with Crippen LogP contribution in [0.25, 0.3) is 0 Å². The Balaban J connectivity index is 2.26. The standard InChI is InChI=1S/C16H28N4/c1-11(2)16-18-10-15(13(9-17)19-16)20(4)14-8-6-5-7-12(14)3/h10-12,14H,5-9,17H2,1-4H3. The second-order valence-corrected chi connectivity index (χ2v) is 6.36. The molecule has 20 heavy (non-hydrogen) atoms. The van der Waals surface area contributed by atoms with Gasteiger partial charge in [-0.1, -0.05) is 33.6 Å². The first-order valence-electron chi connectivity index (χ1n) is 7.83. The zero-order chi connectivity index (χ0) is 14.7. The van der Waals surface area contributed by atoms with E-state index in [1.165, 1.54) is 25.7 Å². The van der Waals surface area contributed by atoms with Crippen molar-refractivity contribution in [3.8, 4) is 0 Å². The van der Waals surface area contributed by atoms with Gasteiger partial charge in [-0.15, -0.1) is 0 Å². The van der Waals surface area contributed by atoms with Gasteiger partial charge >= 0.3 is 0 Å². The smallest absolute Gasteiger partial charge is 0.131 e. The minimum Gasteiger partial charge on any atom is -0.369 e. The summed E-state index contributed by atoms with van der Waals surface area (Å²) in [5.74, 6) is 1.96. The van der Waals surface area contributed by atoms with Crippen LogP contribution in [0, 0.1) is 5.92 Å². The van der Waals surface area contributed by atoms with Crippen LogP contribution in [-0.2, 0) is 6.54 Å². The second-order valence-electron chi connectivity index (χ2n) is 6.36. The summed E-state index contributed by atoms with van der Waals surface area (Å²) in [6.45, 7) is 7.05. The maximum Gasteiger partial charge on any atom is 0.131 e. The molecule has 4 heteroatoms. The van der Waals surface area contributed by atoms with Crippen molar-refractivity contribution in [3.63, 3.8) is 0 Å². The van der Waals surface area contributed by atoms with Gasteiger partial charge in [-0.25, -0.2) is 9.97 Å². The first kappa shape index (κ1) is 15.2. The summed E-state index contributed by atoms with van der Waals surface area (Å²) in [4.78, 5) is 11.5. The molecule has 1 aromatic heterocycles. The molecular formula is C16H28N4. The highest BCUT2D eigenvalue weighted by Crippen LogP contribution is 2.31. The van der Waals surface area contributed by atoms with Crippen LogP contribution in [0.15, 0.2) is 6.20 Å². The molecule has 0 aliphatic heterocycles. The fraction of sp³-hybridized carbons (Fsp3) is 0.750. The lowest BCUT2D eigenvalue weighted by Crippen LogP contribution is -2.39. The highest BCUT2D eigenvalue weighted by molar-refractivity contribution is 5.49. The van der Waals surface area contributed by atoms with Gasteiger partial charge in [0.25, 0.3) is 0 Å². The van der Waals surface area contributed by atoms with Gasteiger partial charge in [-0.2, -0.15) is 0 Å². The molecule has 2 atom stereocenters. The number of anilines is 1. The number of hydrogen-bond donors (Lipinski definition) is 1. The van der Waals surface area contributed by atoms with Crippen LogP contribution >= 0.6 is 0 Å². The fourth-order valence-electron chi connectivity index (χ4n) is 3.20. The molecule has 4 nitrogen and oxygen atoms in total. The van der Waals surface area contributed by atoms with Gasteiger partial charge in [0.05, 0.1) is 17.6 Å². The summed E-state index contributed by atoms with van der Waals surface area (Å²) >= 11 is 0. The second kappa shape index (κ2) is 6.53. The number of rotatable bonds is 4. The van der Waals surface area contributed by atoms with Gasteiger partial charge in [0, 0.05) is 25.6 Å². The number of aromatic nitrogens is 2. The first-order chi connectivity index (χ1) is 9.54. The van der Waals surface area contributed by atoms with Crippen LogP contribution in [0.5, 0.6) is 0 Å². The number of hydrogen-bond acceptors (Lipinski definition) is 4. The summed E-state index contributed by atoms with van der Waals surface area (Å²) in [5, 5.41) is 0. The Labute approximate surface area is 122 Å². The predicted octanol–water partition coefficient (Wildman–Crippen LogP) is 3.07. The van der Waals surface area contributed by atoms with E-state index in [0.717, 1.165) is 23.1 Å². The largest absolute Gasteiger partial charge is 0.369 e. The third kappa shape index (κ3) is 3.11. The molecule has 2 rings (SSSR count). The maximum absolute atomic E-state index is 5.90. The van der Waals surface area contributed by atoms with E-state index in [4.69, 9.17) is 5.73 Å². The van der Waals surface area contributed by atoms with Crippen LogP contribution in [-0.4, -0.2) is 23.1 Å². The molecular weight excluding hydrogens is 248 g/mol. The molecule has 2 unspecified atom stereocenters. The summed E-state index contributed by atoms with van der Waals surface area (Å²) in [5.41, 5.74) is 7.99. The average molecular weight is 276 g/mol. The van der Waals surface area contributed by atoms with Crippen LogP contribution in [0.2, 0.25) is 0 Å². The Kier molecular flexibility index (Phi) is 4.97. The average Bonchev–Trinajstić information content (AvgIpc) is 2.46. The zero-order valence-electron chi connectivity index (χ0n) is 13.3. The van der Waals surface area contributed by atoms with Gasteiger partial charge in [0.15, 0.2) is 0 Å². The van der Waals surface area contributed by atoms with Gasteiger partial charge in [-0.05, 0) is 18.8 Å². The van der Waals surface area contributed by atoms with Gasteiger partial charge < -0.3 is 10.6 Å². The van der Waals surface area contributed by atoms with E-state index >= 15 is 0 Å². The Morgan fingerprint density at radius 2 is 2.05 bits per heavy atom. The van der Waals surface area contributed by atoms with Crippen molar-refractivity contribution < 1.29 is 0 Å².